The van der Waals surface area contributed by atoms with Gasteiger partial charge in [-0.1, -0.05) is 12.1 Å². The van der Waals surface area contributed by atoms with Crippen molar-refractivity contribution in [1.82, 2.24) is 5.32 Å². The Morgan fingerprint density at radius 2 is 2.27 bits per heavy atom. The van der Waals surface area contributed by atoms with Crippen molar-refractivity contribution < 1.29 is 4.74 Å². The summed E-state index contributed by atoms with van der Waals surface area (Å²) in [4.78, 5) is 0. The van der Waals surface area contributed by atoms with Crippen LogP contribution in [0.15, 0.2) is 30.1 Å². The van der Waals surface area contributed by atoms with Gasteiger partial charge in [0.15, 0.2) is 0 Å². The molecule has 0 bridgehead atoms. The van der Waals surface area contributed by atoms with Gasteiger partial charge in [-0.2, -0.15) is 0 Å². The summed E-state index contributed by atoms with van der Waals surface area (Å²) in [5.74, 6) is 2.09. The Morgan fingerprint density at radius 3 is 2.80 bits per heavy atom. The highest BCUT2D eigenvalue weighted by atomic mass is 16.5. The number of hydrogen-bond acceptors (Lipinski definition) is 3. The summed E-state index contributed by atoms with van der Waals surface area (Å²) in [6.45, 7) is 2.94. The van der Waals surface area contributed by atoms with Crippen molar-refractivity contribution in [2.75, 3.05) is 13.7 Å². The van der Waals surface area contributed by atoms with Gasteiger partial charge in [-0.25, -0.2) is 0 Å². The molecule has 0 saturated carbocycles. The maximum atomic E-state index is 5.68. The maximum Gasteiger partial charge on any atom is 0.121 e. The van der Waals surface area contributed by atoms with Crippen LogP contribution in [0, 0.1) is 6.92 Å². The molecule has 3 nitrogen and oxygen atoms in total. The van der Waals surface area contributed by atoms with Crippen molar-refractivity contribution in [2.45, 2.75) is 12.8 Å². The first-order valence-electron chi connectivity index (χ1n) is 5.06. The van der Waals surface area contributed by atoms with Gasteiger partial charge in [0, 0.05) is 12.5 Å². The molecule has 1 aromatic rings. The zero-order valence-electron chi connectivity index (χ0n) is 9.08. The molecule has 1 atom stereocenters. The third-order valence-corrected chi connectivity index (χ3v) is 2.75. The molecule has 0 aliphatic carbocycles. The van der Waals surface area contributed by atoms with Crippen LogP contribution in [0.5, 0.6) is 5.75 Å². The number of nitrogens with one attached hydrogen (secondary N) is 1. The molecule has 1 heterocycles. The van der Waals surface area contributed by atoms with E-state index in [0.29, 0.717) is 5.92 Å². The van der Waals surface area contributed by atoms with Gasteiger partial charge in [-0.3, -0.25) is 0 Å². The normalized spacial score (nSPS) is 19.6. The minimum atomic E-state index is 0.384. The Kier molecular flexibility index (Phi) is 2.54. The molecule has 1 aromatic carbocycles. The first-order chi connectivity index (χ1) is 7.20. The molecule has 80 valence electrons. The average Bonchev–Trinajstić information content (AvgIpc) is 2.65. The molecule has 1 aliphatic rings. The maximum absolute atomic E-state index is 5.68. The lowest BCUT2D eigenvalue weighted by Crippen LogP contribution is -2.15. The highest BCUT2D eigenvalue weighted by molar-refractivity contribution is 5.39. The number of hydrogen-bond donors (Lipinski definition) is 2. The molecule has 1 aliphatic heterocycles. The first kappa shape index (κ1) is 9.90. The molecule has 0 aromatic heterocycles. The first-order valence-corrected chi connectivity index (χ1v) is 5.06. The molecule has 15 heavy (non-hydrogen) atoms. The summed E-state index contributed by atoms with van der Waals surface area (Å²) in [5, 5.41) is 3.12. The average molecular weight is 204 g/mol. The fourth-order valence-corrected chi connectivity index (χ4v) is 1.91. The quantitative estimate of drug-likeness (QED) is 0.767. The Bertz CT molecular complexity index is 399. The smallest absolute Gasteiger partial charge is 0.121 e. The van der Waals surface area contributed by atoms with Crippen LogP contribution >= 0.6 is 0 Å². The topological polar surface area (TPSA) is 47.3 Å². The van der Waals surface area contributed by atoms with Gasteiger partial charge in [0.05, 0.1) is 12.9 Å². The summed E-state index contributed by atoms with van der Waals surface area (Å²) in [6, 6.07) is 6.25. The van der Waals surface area contributed by atoms with Gasteiger partial charge in [0.1, 0.15) is 5.75 Å². The molecular formula is C12H16N2O. The molecule has 0 radical (unpaired) electrons. The molecule has 0 amide bonds. The fraction of sp³-hybridized carbons (Fsp3) is 0.333. The number of ether oxygens (including phenoxy) is 1. The molecule has 0 saturated heterocycles. The van der Waals surface area contributed by atoms with Crippen molar-refractivity contribution in [3.63, 3.8) is 0 Å². The second-order valence-electron chi connectivity index (χ2n) is 3.84. The molecule has 2 rings (SSSR count). The van der Waals surface area contributed by atoms with Crippen LogP contribution < -0.4 is 15.8 Å². The fourth-order valence-electron chi connectivity index (χ4n) is 1.91. The monoisotopic (exact) mass is 204 g/mol. The Morgan fingerprint density at radius 1 is 1.47 bits per heavy atom. The zero-order valence-corrected chi connectivity index (χ0v) is 9.08. The van der Waals surface area contributed by atoms with E-state index in [1.807, 2.05) is 6.07 Å². The van der Waals surface area contributed by atoms with E-state index < -0.39 is 0 Å². The van der Waals surface area contributed by atoms with Crippen molar-refractivity contribution in [1.29, 1.82) is 0 Å². The second-order valence-corrected chi connectivity index (χ2v) is 3.84. The van der Waals surface area contributed by atoms with Crippen LogP contribution in [0.3, 0.4) is 0 Å². The standard InChI is InChI=1S/C12H16N2O/c1-8-5-9(3-4-11(8)15-2)10-6-12(13)14-7-10/h3-6,10,14H,7,13H2,1-2H3. The van der Waals surface area contributed by atoms with E-state index in [-0.39, 0.29) is 0 Å². The van der Waals surface area contributed by atoms with Crippen molar-refractivity contribution in [2.24, 2.45) is 5.73 Å². The van der Waals surface area contributed by atoms with Crippen molar-refractivity contribution >= 4 is 0 Å². The number of benzene rings is 1. The minimum Gasteiger partial charge on any atom is -0.496 e. The largest absolute Gasteiger partial charge is 0.496 e. The van der Waals surface area contributed by atoms with Gasteiger partial charge in [0.2, 0.25) is 0 Å². The molecule has 0 spiro atoms. The zero-order chi connectivity index (χ0) is 10.8. The van der Waals surface area contributed by atoms with Crippen LogP contribution in [0.1, 0.15) is 17.0 Å². The summed E-state index contributed by atoms with van der Waals surface area (Å²) < 4.78 is 5.23. The predicted octanol–water partition coefficient (Wildman–Crippen LogP) is 1.49. The van der Waals surface area contributed by atoms with Crippen LogP contribution in [-0.2, 0) is 0 Å². The van der Waals surface area contributed by atoms with E-state index in [1.165, 1.54) is 5.56 Å². The van der Waals surface area contributed by atoms with E-state index in [2.05, 4.69) is 30.4 Å². The Labute approximate surface area is 89.9 Å². The van der Waals surface area contributed by atoms with Crippen molar-refractivity contribution in [3.05, 3.63) is 41.2 Å². The lowest BCUT2D eigenvalue weighted by atomic mass is 9.98. The Hall–Kier alpha value is -1.64. The van der Waals surface area contributed by atoms with Gasteiger partial charge in [-0.05, 0) is 30.2 Å². The van der Waals surface area contributed by atoms with Gasteiger partial charge >= 0.3 is 0 Å². The van der Waals surface area contributed by atoms with Gasteiger partial charge < -0.3 is 15.8 Å². The predicted molar refractivity (Wildman–Crippen MR) is 60.7 cm³/mol. The summed E-state index contributed by atoms with van der Waals surface area (Å²) in [6.07, 6.45) is 2.06. The number of rotatable bonds is 2. The highest BCUT2D eigenvalue weighted by Gasteiger charge is 2.15. The third-order valence-electron chi connectivity index (χ3n) is 2.75. The summed E-state index contributed by atoms with van der Waals surface area (Å²) >= 11 is 0. The highest BCUT2D eigenvalue weighted by Crippen LogP contribution is 2.26. The summed E-state index contributed by atoms with van der Waals surface area (Å²) in [7, 11) is 1.69. The van der Waals surface area contributed by atoms with Crippen LogP contribution in [0.2, 0.25) is 0 Å². The Balaban J connectivity index is 2.27. The van der Waals surface area contributed by atoms with E-state index >= 15 is 0 Å². The van der Waals surface area contributed by atoms with Crippen LogP contribution in [0.25, 0.3) is 0 Å². The third kappa shape index (κ3) is 1.91. The second kappa shape index (κ2) is 3.85. The van der Waals surface area contributed by atoms with Crippen LogP contribution in [-0.4, -0.2) is 13.7 Å². The summed E-state index contributed by atoms with van der Waals surface area (Å²) in [5.41, 5.74) is 8.12. The SMILES string of the molecule is COc1ccc(C2C=C(N)NC2)cc1C. The molecule has 1 unspecified atom stereocenters. The molecule has 0 fully saturated rings. The minimum absolute atomic E-state index is 0.384. The van der Waals surface area contributed by atoms with Crippen molar-refractivity contribution in [3.8, 4) is 5.75 Å². The molecular weight excluding hydrogens is 188 g/mol. The van der Waals surface area contributed by atoms with Crippen LogP contribution in [0.4, 0.5) is 0 Å². The lowest BCUT2D eigenvalue weighted by Gasteiger charge is -2.10. The number of methoxy groups -OCH3 is 1. The van der Waals surface area contributed by atoms with Gasteiger partial charge in [-0.15, -0.1) is 0 Å². The van der Waals surface area contributed by atoms with E-state index in [9.17, 15) is 0 Å². The molecule has 3 N–H and O–H groups in total. The lowest BCUT2D eigenvalue weighted by molar-refractivity contribution is 0.411. The van der Waals surface area contributed by atoms with E-state index in [0.717, 1.165) is 23.7 Å². The van der Waals surface area contributed by atoms with Gasteiger partial charge in [0.25, 0.3) is 0 Å². The number of nitrogens with two attached hydrogens (primary N) is 1. The number of aryl methyl sites for hydroxylation is 1. The van der Waals surface area contributed by atoms with E-state index in [1.54, 1.807) is 7.11 Å². The molecule has 3 heteroatoms. The van der Waals surface area contributed by atoms with E-state index in [4.69, 9.17) is 10.5 Å².